The molecule has 0 unspecified atom stereocenters. The van der Waals surface area contributed by atoms with E-state index in [1.165, 1.54) is 12.1 Å². The molecule has 0 aliphatic carbocycles. The summed E-state index contributed by atoms with van der Waals surface area (Å²) in [5.74, 6) is -0.646. The Morgan fingerprint density at radius 2 is 1.97 bits per heavy atom. The van der Waals surface area contributed by atoms with E-state index in [-0.39, 0.29) is 11.6 Å². The van der Waals surface area contributed by atoms with Gasteiger partial charge in [-0.25, -0.2) is 0 Å². The van der Waals surface area contributed by atoms with Gasteiger partial charge in [-0.3, -0.25) is 9.89 Å². The van der Waals surface area contributed by atoms with E-state index in [1.807, 2.05) is 24.3 Å². The number of alkyl halides is 3. The first-order chi connectivity index (χ1) is 15.3. The maximum Gasteiger partial charge on any atom is 0.417 e. The van der Waals surface area contributed by atoms with Crippen LogP contribution in [-0.4, -0.2) is 28.7 Å². The number of piperidine rings is 1. The molecular weight excluding hydrogens is 441 g/mol. The third kappa shape index (κ3) is 4.81. The number of halogens is 4. The number of benzene rings is 2. The molecule has 1 saturated heterocycles. The number of nitrogens with zero attached hydrogens (tertiary/aromatic N) is 1. The normalized spacial score (nSPS) is 17.7. The number of hydrogen-bond acceptors (Lipinski definition) is 3. The summed E-state index contributed by atoms with van der Waals surface area (Å²) in [7, 11) is 0. The van der Waals surface area contributed by atoms with Crippen LogP contribution in [-0.2, 0) is 6.18 Å². The lowest BCUT2D eigenvalue weighted by atomic mass is 9.91. The Bertz CT molecular complexity index is 1080. The lowest BCUT2D eigenvalue weighted by Gasteiger charge is -2.32. The van der Waals surface area contributed by atoms with Crippen LogP contribution in [0, 0.1) is 0 Å². The van der Waals surface area contributed by atoms with Gasteiger partial charge in [-0.2, -0.15) is 18.3 Å². The molecule has 0 spiro atoms. The first-order valence-corrected chi connectivity index (χ1v) is 10.7. The molecule has 168 valence electrons. The minimum absolute atomic E-state index is 0.0584. The molecule has 32 heavy (non-hydrogen) atoms. The maximum atomic E-state index is 13.3. The largest absolute Gasteiger partial charge is 0.417 e. The van der Waals surface area contributed by atoms with Crippen LogP contribution in [0.4, 0.5) is 13.2 Å². The Morgan fingerprint density at radius 1 is 1.16 bits per heavy atom. The fourth-order valence-corrected chi connectivity index (χ4v) is 4.36. The van der Waals surface area contributed by atoms with Crippen molar-refractivity contribution < 1.29 is 18.0 Å². The van der Waals surface area contributed by atoms with Gasteiger partial charge >= 0.3 is 6.18 Å². The van der Waals surface area contributed by atoms with Crippen LogP contribution < -0.4 is 10.6 Å². The minimum Gasteiger partial charge on any atom is -0.344 e. The topological polar surface area (TPSA) is 69.8 Å². The Kier molecular flexibility index (Phi) is 6.53. The second-order valence-corrected chi connectivity index (χ2v) is 8.16. The van der Waals surface area contributed by atoms with Gasteiger partial charge in [-0.05, 0) is 48.7 Å². The minimum atomic E-state index is -4.64. The van der Waals surface area contributed by atoms with Crippen molar-refractivity contribution in [2.75, 3.05) is 6.54 Å². The zero-order valence-electron chi connectivity index (χ0n) is 17.0. The van der Waals surface area contributed by atoms with Crippen LogP contribution in [0.15, 0.2) is 54.9 Å². The predicted octanol–water partition coefficient (Wildman–Crippen LogP) is 5.36. The Labute approximate surface area is 188 Å². The van der Waals surface area contributed by atoms with Crippen LogP contribution in [0.25, 0.3) is 11.1 Å². The molecule has 0 bridgehead atoms. The molecule has 1 aliphatic heterocycles. The first-order valence-electron chi connectivity index (χ1n) is 10.3. The molecule has 2 atom stereocenters. The SMILES string of the molecule is O=C(N[C@@H](c1cccc(-c2cn[nH]c2)c1)[C@@H]1CCCCN1)c1cccc(C(F)(F)F)c1Cl. The molecule has 5 nitrogen and oxygen atoms in total. The molecule has 1 amide bonds. The molecular formula is C23H22ClF3N4O. The average Bonchev–Trinajstić information content (AvgIpc) is 3.32. The van der Waals surface area contributed by atoms with E-state index in [0.717, 1.165) is 48.6 Å². The number of carbonyl (C=O) groups excluding carboxylic acids is 1. The molecule has 2 aromatic carbocycles. The average molecular weight is 463 g/mol. The summed E-state index contributed by atoms with van der Waals surface area (Å²) in [6, 6.07) is 10.5. The molecule has 9 heteroatoms. The number of rotatable bonds is 5. The number of H-pyrrole nitrogens is 1. The highest BCUT2D eigenvalue weighted by molar-refractivity contribution is 6.34. The van der Waals surface area contributed by atoms with Gasteiger partial charge in [0.15, 0.2) is 0 Å². The Balaban J connectivity index is 1.67. The number of carbonyl (C=O) groups is 1. The molecule has 1 fully saturated rings. The monoisotopic (exact) mass is 462 g/mol. The van der Waals surface area contributed by atoms with Crippen molar-refractivity contribution in [3.63, 3.8) is 0 Å². The first kappa shape index (κ1) is 22.4. The smallest absolute Gasteiger partial charge is 0.344 e. The number of nitrogens with one attached hydrogen (secondary N) is 3. The molecule has 0 saturated carbocycles. The van der Waals surface area contributed by atoms with Gasteiger partial charge < -0.3 is 10.6 Å². The zero-order chi connectivity index (χ0) is 22.7. The third-order valence-corrected chi connectivity index (χ3v) is 6.07. The van der Waals surface area contributed by atoms with Crippen LogP contribution in [0.5, 0.6) is 0 Å². The summed E-state index contributed by atoms with van der Waals surface area (Å²) in [6.07, 6.45) is 1.69. The van der Waals surface area contributed by atoms with Gasteiger partial charge in [-0.15, -0.1) is 0 Å². The quantitative estimate of drug-likeness (QED) is 0.478. The van der Waals surface area contributed by atoms with Crippen LogP contribution in [0.1, 0.15) is 46.8 Å². The van der Waals surface area contributed by atoms with Crippen molar-refractivity contribution in [2.45, 2.75) is 37.5 Å². The van der Waals surface area contributed by atoms with Gasteiger partial charge in [0, 0.05) is 17.8 Å². The Morgan fingerprint density at radius 3 is 2.66 bits per heavy atom. The van der Waals surface area contributed by atoms with Crippen LogP contribution >= 0.6 is 11.6 Å². The van der Waals surface area contributed by atoms with Crippen molar-refractivity contribution in [2.24, 2.45) is 0 Å². The molecule has 1 aliphatic rings. The van der Waals surface area contributed by atoms with Crippen molar-refractivity contribution in [1.29, 1.82) is 0 Å². The van der Waals surface area contributed by atoms with E-state index < -0.39 is 28.7 Å². The predicted molar refractivity (Wildman–Crippen MR) is 116 cm³/mol. The van der Waals surface area contributed by atoms with Crippen LogP contribution in [0.2, 0.25) is 5.02 Å². The van der Waals surface area contributed by atoms with Crippen molar-refractivity contribution in [3.8, 4) is 11.1 Å². The molecule has 2 heterocycles. The van der Waals surface area contributed by atoms with Gasteiger partial charge in [0.2, 0.25) is 0 Å². The van der Waals surface area contributed by atoms with Crippen molar-refractivity contribution >= 4 is 17.5 Å². The summed E-state index contributed by atoms with van der Waals surface area (Å²) in [5, 5.41) is 12.5. The molecule has 0 radical (unpaired) electrons. The summed E-state index contributed by atoms with van der Waals surface area (Å²) in [4.78, 5) is 13.1. The third-order valence-electron chi connectivity index (χ3n) is 5.66. The highest BCUT2D eigenvalue weighted by atomic mass is 35.5. The lowest BCUT2D eigenvalue weighted by molar-refractivity contribution is -0.137. The molecule has 3 N–H and O–H groups in total. The van der Waals surface area contributed by atoms with E-state index in [9.17, 15) is 18.0 Å². The van der Waals surface area contributed by atoms with E-state index in [1.54, 1.807) is 12.4 Å². The summed E-state index contributed by atoms with van der Waals surface area (Å²) in [6.45, 7) is 0.808. The maximum absolute atomic E-state index is 13.3. The zero-order valence-corrected chi connectivity index (χ0v) is 17.8. The number of hydrogen-bond donors (Lipinski definition) is 3. The molecule has 3 aromatic rings. The van der Waals surface area contributed by atoms with Crippen LogP contribution in [0.3, 0.4) is 0 Å². The highest BCUT2D eigenvalue weighted by Crippen LogP contribution is 2.36. The summed E-state index contributed by atoms with van der Waals surface area (Å²) >= 11 is 5.99. The van der Waals surface area contributed by atoms with Gasteiger partial charge in [0.1, 0.15) is 0 Å². The number of amides is 1. The van der Waals surface area contributed by atoms with Gasteiger partial charge in [0.05, 0.1) is 28.4 Å². The molecule has 4 rings (SSSR count). The fraction of sp³-hybridized carbons (Fsp3) is 0.304. The second-order valence-electron chi connectivity index (χ2n) is 7.78. The summed E-state index contributed by atoms with van der Waals surface area (Å²) < 4.78 is 39.8. The van der Waals surface area contributed by atoms with E-state index in [0.29, 0.717) is 0 Å². The molecule has 1 aromatic heterocycles. The van der Waals surface area contributed by atoms with Gasteiger partial charge in [-0.1, -0.05) is 42.3 Å². The lowest BCUT2D eigenvalue weighted by Crippen LogP contribution is -2.46. The standard InChI is InChI=1S/C23H22ClF3N4O/c24-20-17(7-4-8-18(20)23(25,26)27)22(32)31-21(19-9-1-2-10-28-19)15-6-3-5-14(11-15)16-12-29-30-13-16/h3-8,11-13,19,21,28H,1-2,9-10H2,(H,29,30)(H,31,32)/t19-,21-/m0/s1. The number of aromatic nitrogens is 2. The summed E-state index contributed by atoms with van der Waals surface area (Å²) in [5.41, 5.74) is 1.44. The van der Waals surface area contributed by atoms with E-state index in [4.69, 9.17) is 11.6 Å². The Hall–Kier alpha value is -2.84. The highest BCUT2D eigenvalue weighted by Gasteiger charge is 2.35. The fourth-order valence-electron chi connectivity index (χ4n) is 4.05. The van der Waals surface area contributed by atoms with Gasteiger partial charge in [0.25, 0.3) is 5.91 Å². The van der Waals surface area contributed by atoms with Crippen molar-refractivity contribution in [3.05, 3.63) is 76.6 Å². The van der Waals surface area contributed by atoms with E-state index >= 15 is 0 Å². The van der Waals surface area contributed by atoms with Crippen molar-refractivity contribution in [1.82, 2.24) is 20.8 Å². The van der Waals surface area contributed by atoms with E-state index in [2.05, 4.69) is 20.8 Å². The number of aromatic amines is 1. The second kappa shape index (κ2) is 9.34.